The second kappa shape index (κ2) is 9.04. The Hall–Kier alpha value is -1.90. The average molecular weight is 478 g/mol. The molecule has 33 heavy (non-hydrogen) atoms. The van der Waals surface area contributed by atoms with Crippen LogP contribution in [-0.4, -0.2) is 47.0 Å². The zero-order valence-electron chi connectivity index (χ0n) is 19.6. The van der Waals surface area contributed by atoms with Crippen LogP contribution in [0.1, 0.15) is 64.5 Å². The van der Waals surface area contributed by atoms with Gasteiger partial charge in [-0.15, -0.1) is 8.78 Å². The molecule has 1 heterocycles. The molecule has 9 heteroatoms. The first kappa shape index (κ1) is 25.7. The van der Waals surface area contributed by atoms with E-state index in [0.29, 0.717) is 31.2 Å². The molecule has 1 aliphatic heterocycles. The highest BCUT2D eigenvalue weighted by Crippen LogP contribution is 2.50. The average Bonchev–Trinajstić information content (AvgIpc) is 2.71. The number of nitrogens with one attached hydrogen (secondary N) is 1. The number of rotatable bonds is 4. The maximum atomic E-state index is 15.2. The lowest BCUT2D eigenvalue weighted by molar-refractivity contribution is -1.05. The highest BCUT2D eigenvalue weighted by atomic mass is 19.4. The van der Waals surface area contributed by atoms with Crippen LogP contribution in [0, 0.1) is 5.92 Å². The summed E-state index contributed by atoms with van der Waals surface area (Å²) in [6, 6.07) is 0.992. The Bertz CT molecular complexity index is 844. The van der Waals surface area contributed by atoms with Crippen molar-refractivity contribution < 1.29 is 36.0 Å². The van der Waals surface area contributed by atoms with Gasteiger partial charge in [-0.25, -0.2) is 9.28 Å². The maximum absolute atomic E-state index is 15.2. The van der Waals surface area contributed by atoms with Gasteiger partial charge in [0, 0.05) is 23.9 Å². The van der Waals surface area contributed by atoms with E-state index in [0.717, 1.165) is 5.56 Å². The summed E-state index contributed by atoms with van der Waals surface area (Å²) in [6.07, 6.45) is -4.02. The molecule has 1 amide bonds. The van der Waals surface area contributed by atoms with Crippen molar-refractivity contribution in [2.45, 2.75) is 96.3 Å². The van der Waals surface area contributed by atoms with E-state index in [1.54, 1.807) is 52.0 Å². The number of carbonyl (C=O) groups excluding carboxylic acids is 1. The van der Waals surface area contributed by atoms with Crippen LogP contribution in [-0.2, 0) is 17.7 Å². The zero-order chi connectivity index (χ0) is 24.7. The first-order valence-corrected chi connectivity index (χ1v) is 11.5. The van der Waals surface area contributed by atoms with Gasteiger partial charge in [-0.1, -0.05) is 24.3 Å². The van der Waals surface area contributed by atoms with Crippen molar-refractivity contribution in [2.24, 2.45) is 5.92 Å². The van der Waals surface area contributed by atoms with E-state index < -0.39 is 34.4 Å². The minimum atomic E-state index is -5.64. The number of hydrogen-bond acceptors (Lipinski definition) is 2. The lowest BCUT2D eigenvalue weighted by Crippen LogP contribution is -2.72. The standard InChI is InChI=1S/C24H33F5N2O2/c1-16(17-9-11-20(12-10-17)30-21(32)33-22(2,3)4)31(24(28,29)23(25,26)27)14-13-18-7-5-6-8-19(18)15-31/h5-8,16-17,20H,9-15H2,1-4H3/p+1. The van der Waals surface area contributed by atoms with Gasteiger partial charge in [0.1, 0.15) is 12.1 Å². The first-order valence-electron chi connectivity index (χ1n) is 11.5. The normalized spacial score (nSPS) is 27.4. The molecule has 2 atom stereocenters. The molecule has 1 aromatic rings. The smallest absolute Gasteiger partial charge is 0.444 e. The van der Waals surface area contributed by atoms with Gasteiger partial charge >= 0.3 is 18.3 Å². The van der Waals surface area contributed by atoms with Crippen molar-refractivity contribution in [3.8, 4) is 0 Å². The molecule has 1 aromatic carbocycles. The number of fused-ring (bicyclic) bond motifs is 1. The Morgan fingerprint density at radius 3 is 2.15 bits per heavy atom. The third-order valence-corrected chi connectivity index (χ3v) is 7.21. The van der Waals surface area contributed by atoms with Crippen LogP contribution in [0.5, 0.6) is 0 Å². The number of alkyl halides is 5. The highest BCUT2D eigenvalue weighted by Gasteiger charge is 2.74. The molecule has 2 aliphatic rings. The summed E-state index contributed by atoms with van der Waals surface area (Å²) in [7, 11) is 0. The van der Waals surface area contributed by atoms with E-state index in [4.69, 9.17) is 4.74 Å². The number of alkyl carbamates (subject to hydrolysis) is 1. The van der Waals surface area contributed by atoms with Crippen LogP contribution in [0.15, 0.2) is 24.3 Å². The molecule has 0 saturated heterocycles. The molecule has 0 aromatic heterocycles. The van der Waals surface area contributed by atoms with Crippen molar-refractivity contribution in [3.63, 3.8) is 0 Å². The van der Waals surface area contributed by atoms with Crippen LogP contribution in [0.4, 0.5) is 26.7 Å². The summed E-state index contributed by atoms with van der Waals surface area (Å²) in [4.78, 5) is 12.0. The number of nitrogens with zero attached hydrogens (tertiary/aromatic N) is 1. The molecule has 0 spiro atoms. The van der Waals surface area contributed by atoms with Gasteiger partial charge in [-0.2, -0.15) is 13.2 Å². The number of amides is 1. The Morgan fingerprint density at radius 1 is 1.03 bits per heavy atom. The number of ether oxygens (including phenoxy) is 1. The second-order valence-corrected chi connectivity index (χ2v) is 10.5. The van der Waals surface area contributed by atoms with Crippen LogP contribution < -0.4 is 5.32 Å². The predicted octanol–water partition coefficient (Wildman–Crippen LogP) is 6.19. The topological polar surface area (TPSA) is 38.3 Å². The van der Waals surface area contributed by atoms with Crippen LogP contribution >= 0.6 is 0 Å². The van der Waals surface area contributed by atoms with Crippen LogP contribution in [0.3, 0.4) is 0 Å². The summed E-state index contributed by atoms with van der Waals surface area (Å²) in [5.41, 5.74) is 0.751. The maximum Gasteiger partial charge on any atom is 0.515 e. The lowest BCUT2D eigenvalue weighted by atomic mass is 9.79. The Morgan fingerprint density at radius 2 is 1.61 bits per heavy atom. The number of hydrogen-bond donors (Lipinski definition) is 1. The van der Waals surface area contributed by atoms with Crippen molar-refractivity contribution in [2.75, 3.05) is 6.54 Å². The van der Waals surface area contributed by atoms with Gasteiger partial charge < -0.3 is 10.1 Å². The quantitative estimate of drug-likeness (QED) is 0.319. The SMILES string of the molecule is CC(C1CCC(NC(=O)OC(C)(C)C)CC1)[N+]1(C(F)(F)C(F)(F)F)CCc2ccccc2C1. The zero-order valence-corrected chi connectivity index (χ0v) is 19.6. The third-order valence-electron chi connectivity index (χ3n) is 7.21. The molecule has 1 aliphatic carbocycles. The number of carbonyl (C=O) groups is 1. The van der Waals surface area contributed by atoms with E-state index in [-0.39, 0.29) is 31.5 Å². The number of quaternary nitrogens is 1. The van der Waals surface area contributed by atoms with Gasteiger partial charge in [0.15, 0.2) is 0 Å². The van der Waals surface area contributed by atoms with Gasteiger partial charge in [-0.05, 0) is 58.9 Å². The Kier molecular flexibility index (Phi) is 7.05. The molecule has 186 valence electrons. The van der Waals surface area contributed by atoms with E-state index >= 15 is 8.78 Å². The summed E-state index contributed by atoms with van der Waals surface area (Å²) in [6.45, 7) is 6.20. The second-order valence-electron chi connectivity index (χ2n) is 10.5. The predicted molar refractivity (Wildman–Crippen MR) is 115 cm³/mol. The van der Waals surface area contributed by atoms with E-state index in [9.17, 15) is 18.0 Å². The molecule has 1 fully saturated rings. The summed E-state index contributed by atoms with van der Waals surface area (Å²) in [5.74, 6) is -0.305. The highest BCUT2D eigenvalue weighted by molar-refractivity contribution is 5.68. The largest absolute Gasteiger partial charge is 0.515 e. The molecule has 4 nitrogen and oxygen atoms in total. The molecular weight excluding hydrogens is 443 g/mol. The fourth-order valence-electron chi connectivity index (χ4n) is 5.38. The van der Waals surface area contributed by atoms with Crippen LogP contribution in [0.2, 0.25) is 0 Å². The molecule has 1 saturated carbocycles. The molecule has 2 unspecified atom stereocenters. The van der Waals surface area contributed by atoms with Crippen molar-refractivity contribution in [1.82, 2.24) is 5.32 Å². The monoisotopic (exact) mass is 477 g/mol. The van der Waals surface area contributed by atoms with Crippen LogP contribution in [0.25, 0.3) is 0 Å². The summed E-state index contributed by atoms with van der Waals surface area (Å²) >= 11 is 0. The Balaban J connectivity index is 1.77. The fraction of sp³-hybridized carbons (Fsp3) is 0.708. The third kappa shape index (κ3) is 5.28. The van der Waals surface area contributed by atoms with E-state index in [1.807, 2.05) is 0 Å². The van der Waals surface area contributed by atoms with E-state index in [1.165, 1.54) is 0 Å². The minimum Gasteiger partial charge on any atom is -0.444 e. The van der Waals surface area contributed by atoms with Crippen molar-refractivity contribution in [1.29, 1.82) is 0 Å². The van der Waals surface area contributed by atoms with E-state index in [2.05, 4.69) is 5.32 Å². The molecule has 0 radical (unpaired) electrons. The van der Waals surface area contributed by atoms with Gasteiger partial charge in [0.2, 0.25) is 0 Å². The molecule has 3 rings (SSSR count). The fourth-order valence-corrected chi connectivity index (χ4v) is 5.38. The van der Waals surface area contributed by atoms with Crippen molar-refractivity contribution >= 4 is 6.09 Å². The lowest BCUT2D eigenvalue weighted by Gasteiger charge is -2.52. The first-order chi connectivity index (χ1) is 15.2. The molecule has 1 N–H and O–H groups in total. The number of halogens is 5. The van der Waals surface area contributed by atoms with Gasteiger partial charge in [0.25, 0.3) is 0 Å². The minimum absolute atomic E-state index is 0.179. The number of benzene rings is 1. The van der Waals surface area contributed by atoms with Gasteiger partial charge in [-0.3, -0.25) is 0 Å². The summed E-state index contributed by atoms with van der Waals surface area (Å²) < 4.78 is 75.3. The van der Waals surface area contributed by atoms with Crippen molar-refractivity contribution in [3.05, 3.63) is 35.4 Å². The molecule has 0 bridgehead atoms. The Labute approximate surface area is 192 Å². The molecular formula is C24H34F5N2O2+. The van der Waals surface area contributed by atoms with Gasteiger partial charge in [0.05, 0.1) is 12.6 Å². The summed E-state index contributed by atoms with van der Waals surface area (Å²) in [5, 5.41) is 2.80.